The molecule has 54 valence electrons. The van der Waals surface area contributed by atoms with Crippen molar-refractivity contribution in [1.29, 1.82) is 5.26 Å². The average molecular weight is 146 g/mol. The standard InChI is InChI=1S/C7H6N4/c8-5-6-2-4-11-7(10-6)1-3-9-11/h1-2,4,9H,3H2. The van der Waals surface area contributed by atoms with E-state index in [1.165, 1.54) is 0 Å². The summed E-state index contributed by atoms with van der Waals surface area (Å²) >= 11 is 0. The molecule has 2 aliphatic rings. The molecule has 0 unspecified atom stereocenters. The fourth-order valence-electron chi connectivity index (χ4n) is 1.01. The second kappa shape index (κ2) is 2.22. The zero-order chi connectivity index (χ0) is 7.68. The fourth-order valence-corrected chi connectivity index (χ4v) is 1.01. The second-order valence-corrected chi connectivity index (χ2v) is 2.22. The number of allylic oxidation sites excluding steroid dienone is 1. The first-order valence-electron chi connectivity index (χ1n) is 3.30. The van der Waals surface area contributed by atoms with Gasteiger partial charge in [0.05, 0.1) is 0 Å². The molecule has 0 aliphatic carbocycles. The number of hydrogen-bond acceptors (Lipinski definition) is 4. The monoisotopic (exact) mass is 146 g/mol. The zero-order valence-electron chi connectivity index (χ0n) is 5.78. The lowest BCUT2D eigenvalue weighted by atomic mass is 10.3. The van der Waals surface area contributed by atoms with Crippen LogP contribution in [0, 0.1) is 11.3 Å². The number of aliphatic imine (C=N–C) groups is 1. The summed E-state index contributed by atoms with van der Waals surface area (Å²) in [5, 5.41) is 10.3. The Bertz CT molecular complexity index is 305. The predicted molar refractivity (Wildman–Crippen MR) is 40.1 cm³/mol. The van der Waals surface area contributed by atoms with Crippen LogP contribution in [-0.2, 0) is 0 Å². The lowest BCUT2D eigenvalue weighted by molar-refractivity contribution is 0.383. The van der Waals surface area contributed by atoms with Crippen LogP contribution in [0.4, 0.5) is 0 Å². The topological polar surface area (TPSA) is 51.4 Å². The van der Waals surface area contributed by atoms with Crippen LogP contribution in [0.15, 0.2) is 29.2 Å². The minimum Gasteiger partial charge on any atom is -0.267 e. The first kappa shape index (κ1) is 6.13. The molecule has 0 saturated carbocycles. The van der Waals surface area contributed by atoms with Gasteiger partial charge in [0, 0.05) is 12.7 Å². The minimum atomic E-state index is 0.455. The van der Waals surface area contributed by atoms with Crippen molar-refractivity contribution in [1.82, 2.24) is 10.4 Å². The molecule has 4 nitrogen and oxygen atoms in total. The van der Waals surface area contributed by atoms with Gasteiger partial charge in [0.25, 0.3) is 0 Å². The average Bonchev–Trinajstić information content (AvgIpc) is 2.50. The van der Waals surface area contributed by atoms with Gasteiger partial charge in [0.2, 0.25) is 0 Å². The Morgan fingerprint density at radius 1 is 1.73 bits per heavy atom. The van der Waals surface area contributed by atoms with Crippen LogP contribution in [0.5, 0.6) is 0 Å². The molecule has 0 amide bonds. The maximum Gasteiger partial charge on any atom is 0.145 e. The summed E-state index contributed by atoms with van der Waals surface area (Å²) in [7, 11) is 0. The van der Waals surface area contributed by atoms with Crippen molar-refractivity contribution in [3.8, 4) is 6.07 Å². The van der Waals surface area contributed by atoms with Gasteiger partial charge in [-0.05, 0) is 12.2 Å². The number of nitrogens with one attached hydrogen (secondary N) is 1. The van der Waals surface area contributed by atoms with E-state index >= 15 is 0 Å². The summed E-state index contributed by atoms with van der Waals surface area (Å²) in [6, 6.07) is 1.98. The number of hydrazine groups is 1. The van der Waals surface area contributed by atoms with Crippen molar-refractivity contribution in [2.45, 2.75) is 0 Å². The Kier molecular flexibility index (Phi) is 1.24. The highest BCUT2D eigenvalue weighted by atomic mass is 15.5. The first-order valence-corrected chi connectivity index (χ1v) is 3.30. The predicted octanol–water partition coefficient (Wildman–Crippen LogP) is 0.140. The van der Waals surface area contributed by atoms with Crippen LogP contribution >= 0.6 is 0 Å². The fraction of sp³-hybridized carbons (Fsp3) is 0.143. The van der Waals surface area contributed by atoms with Crippen molar-refractivity contribution < 1.29 is 0 Å². The lowest BCUT2D eigenvalue weighted by Gasteiger charge is -2.16. The Balaban J connectivity index is 2.34. The van der Waals surface area contributed by atoms with Gasteiger partial charge in [-0.1, -0.05) is 0 Å². The third-order valence-corrected chi connectivity index (χ3v) is 1.52. The van der Waals surface area contributed by atoms with E-state index < -0.39 is 0 Å². The van der Waals surface area contributed by atoms with E-state index in [0.717, 1.165) is 12.4 Å². The van der Waals surface area contributed by atoms with Crippen molar-refractivity contribution in [3.63, 3.8) is 0 Å². The molecule has 0 aromatic heterocycles. The van der Waals surface area contributed by atoms with Crippen molar-refractivity contribution in [2.75, 3.05) is 6.54 Å². The highest BCUT2D eigenvalue weighted by Crippen LogP contribution is 2.13. The smallest absolute Gasteiger partial charge is 0.145 e. The maximum atomic E-state index is 8.51. The lowest BCUT2D eigenvalue weighted by Crippen LogP contribution is -2.28. The molecule has 0 aromatic rings. The van der Waals surface area contributed by atoms with Crippen LogP contribution in [0.2, 0.25) is 0 Å². The van der Waals surface area contributed by atoms with E-state index in [4.69, 9.17) is 5.26 Å². The van der Waals surface area contributed by atoms with Gasteiger partial charge in [-0.25, -0.2) is 10.4 Å². The summed E-state index contributed by atoms with van der Waals surface area (Å²) in [4.78, 5) is 4.06. The Labute approximate surface area is 64.1 Å². The Hall–Kier alpha value is -1.60. The van der Waals surface area contributed by atoms with Crippen LogP contribution in [-0.4, -0.2) is 17.3 Å². The summed E-state index contributed by atoms with van der Waals surface area (Å²) < 4.78 is 0. The minimum absolute atomic E-state index is 0.455. The van der Waals surface area contributed by atoms with Crippen LogP contribution in [0.3, 0.4) is 0 Å². The molecule has 2 rings (SSSR count). The zero-order valence-corrected chi connectivity index (χ0v) is 5.78. The molecule has 4 heteroatoms. The summed E-state index contributed by atoms with van der Waals surface area (Å²) in [6.07, 6.45) is 5.40. The highest BCUT2D eigenvalue weighted by molar-refractivity contribution is 6.08. The Morgan fingerprint density at radius 3 is 3.45 bits per heavy atom. The molecule has 2 aliphatic heterocycles. The molecule has 11 heavy (non-hydrogen) atoms. The molecule has 0 atom stereocenters. The molecule has 0 fully saturated rings. The largest absolute Gasteiger partial charge is 0.267 e. The van der Waals surface area contributed by atoms with Crippen molar-refractivity contribution >= 4 is 5.71 Å². The normalized spacial score (nSPS) is 20.5. The molecule has 1 N–H and O–H groups in total. The van der Waals surface area contributed by atoms with Gasteiger partial charge in [0.15, 0.2) is 0 Å². The van der Waals surface area contributed by atoms with E-state index in [0.29, 0.717) is 5.71 Å². The van der Waals surface area contributed by atoms with Gasteiger partial charge in [-0.3, -0.25) is 5.01 Å². The molecule has 0 radical (unpaired) electrons. The third-order valence-electron chi connectivity index (χ3n) is 1.52. The van der Waals surface area contributed by atoms with Crippen LogP contribution in [0.1, 0.15) is 0 Å². The van der Waals surface area contributed by atoms with Crippen molar-refractivity contribution in [2.24, 2.45) is 4.99 Å². The number of fused-ring (bicyclic) bond motifs is 1. The van der Waals surface area contributed by atoms with Gasteiger partial charge in [-0.2, -0.15) is 5.26 Å². The SMILES string of the molecule is N#CC1=NC2=CCNN2C=C1. The molecule has 0 bridgehead atoms. The van der Waals surface area contributed by atoms with Crippen LogP contribution < -0.4 is 5.43 Å². The van der Waals surface area contributed by atoms with Gasteiger partial charge in [0.1, 0.15) is 17.6 Å². The maximum absolute atomic E-state index is 8.51. The van der Waals surface area contributed by atoms with Crippen molar-refractivity contribution in [3.05, 3.63) is 24.2 Å². The van der Waals surface area contributed by atoms with E-state index in [9.17, 15) is 0 Å². The van der Waals surface area contributed by atoms with Gasteiger partial charge < -0.3 is 0 Å². The summed E-state index contributed by atoms with van der Waals surface area (Å²) in [5.74, 6) is 0.809. The summed E-state index contributed by atoms with van der Waals surface area (Å²) in [6.45, 7) is 0.780. The summed E-state index contributed by atoms with van der Waals surface area (Å²) in [5.41, 5.74) is 3.50. The Morgan fingerprint density at radius 2 is 2.64 bits per heavy atom. The quantitative estimate of drug-likeness (QED) is 0.529. The van der Waals surface area contributed by atoms with Crippen LogP contribution in [0.25, 0.3) is 0 Å². The third kappa shape index (κ3) is 0.914. The van der Waals surface area contributed by atoms with E-state index in [1.807, 2.05) is 12.1 Å². The number of hydrogen-bond donors (Lipinski definition) is 1. The van der Waals surface area contributed by atoms with Gasteiger partial charge in [-0.15, -0.1) is 0 Å². The molecule has 0 aromatic carbocycles. The van der Waals surface area contributed by atoms with E-state index in [2.05, 4.69) is 10.4 Å². The molecule has 0 saturated heterocycles. The number of rotatable bonds is 0. The first-order chi connectivity index (χ1) is 5.40. The molecular formula is C7H6N4. The molecule has 0 spiro atoms. The molecule has 2 heterocycles. The number of nitrogens with zero attached hydrogens (tertiary/aromatic N) is 3. The van der Waals surface area contributed by atoms with E-state index in [-0.39, 0.29) is 0 Å². The van der Waals surface area contributed by atoms with E-state index in [1.54, 1.807) is 17.3 Å². The van der Waals surface area contributed by atoms with Gasteiger partial charge >= 0.3 is 0 Å². The number of nitriles is 1. The highest BCUT2D eigenvalue weighted by Gasteiger charge is 2.14. The molecular weight excluding hydrogens is 140 g/mol. The second-order valence-electron chi connectivity index (χ2n) is 2.22.